The number of anilines is 2. The molecule has 0 fully saturated rings. The van der Waals surface area contributed by atoms with Crippen molar-refractivity contribution in [3.05, 3.63) is 53.2 Å². The van der Waals surface area contributed by atoms with Crippen LogP contribution in [0, 0.1) is 0 Å². The Bertz CT molecular complexity index is 852. The number of carbonyl (C=O) groups excluding carboxylic acids is 2. The van der Waals surface area contributed by atoms with E-state index in [2.05, 4.69) is 15.6 Å². The number of rotatable bonds is 3. The first-order chi connectivity index (χ1) is 11.6. The van der Waals surface area contributed by atoms with Gasteiger partial charge in [-0.2, -0.15) is 0 Å². The zero-order valence-electron chi connectivity index (χ0n) is 14.1. The summed E-state index contributed by atoms with van der Waals surface area (Å²) in [5.74, 6) is 0.717. The number of aromatic nitrogens is 1. The van der Waals surface area contributed by atoms with Crippen molar-refractivity contribution in [1.29, 1.82) is 0 Å². The fourth-order valence-electron chi connectivity index (χ4n) is 3.80. The zero-order chi connectivity index (χ0) is 16.7. The Hall–Kier alpha value is -2.63. The highest BCUT2D eigenvalue weighted by Crippen LogP contribution is 2.46. The first kappa shape index (κ1) is 17.2. The summed E-state index contributed by atoms with van der Waals surface area (Å²) >= 11 is 0. The Kier molecular flexibility index (Phi) is 4.37. The van der Waals surface area contributed by atoms with Crippen LogP contribution in [0.3, 0.4) is 0 Å². The molecule has 2 N–H and O–H groups in total. The molecule has 125 valence electrons. The molecule has 1 atom stereocenters. The monoisotopic (exact) mass is 332 g/mol. The molecule has 1 spiro atoms. The molecule has 1 aliphatic carbocycles. The summed E-state index contributed by atoms with van der Waals surface area (Å²) in [7, 11) is 0. The van der Waals surface area contributed by atoms with Crippen LogP contribution >= 0.6 is 0 Å². The summed E-state index contributed by atoms with van der Waals surface area (Å²) in [6.45, 7) is 1.98. The molecule has 1 aromatic heterocycles. The van der Waals surface area contributed by atoms with E-state index >= 15 is 0 Å². The Morgan fingerprint density at radius 2 is 2.08 bits per heavy atom. The third-order valence-corrected chi connectivity index (χ3v) is 4.94. The van der Waals surface area contributed by atoms with E-state index in [1.807, 2.05) is 37.3 Å². The lowest BCUT2D eigenvalue weighted by atomic mass is 9.79. The van der Waals surface area contributed by atoms with Gasteiger partial charge in [-0.1, -0.05) is 19.1 Å². The minimum absolute atomic E-state index is 0. The molecule has 2 heterocycles. The van der Waals surface area contributed by atoms with Crippen LogP contribution in [0.15, 0.2) is 36.5 Å². The van der Waals surface area contributed by atoms with Gasteiger partial charge in [-0.15, -0.1) is 0 Å². The number of pyridine rings is 1. The van der Waals surface area contributed by atoms with Gasteiger partial charge in [0.15, 0.2) is 0 Å². The van der Waals surface area contributed by atoms with Crippen LogP contribution in [0.1, 0.15) is 36.5 Å². The molecule has 1 aromatic carbocycles. The van der Waals surface area contributed by atoms with Gasteiger partial charge in [0.2, 0.25) is 11.8 Å². The second kappa shape index (κ2) is 6.35. The number of hydrogen-bond donors (Lipinski definition) is 2. The minimum atomic E-state index is -0.558. The van der Waals surface area contributed by atoms with E-state index in [0.29, 0.717) is 25.1 Å². The van der Waals surface area contributed by atoms with Crippen LogP contribution in [0.5, 0.6) is 0 Å². The summed E-state index contributed by atoms with van der Waals surface area (Å²) in [6, 6.07) is 9.80. The van der Waals surface area contributed by atoms with Crippen LogP contribution in [0.25, 0.3) is 0 Å². The highest BCUT2D eigenvalue weighted by molar-refractivity contribution is 6.06. The van der Waals surface area contributed by atoms with Gasteiger partial charge >= 0.3 is 0 Å². The van der Waals surface area contributed by atoms with E-state index in [1.165, 1.54) is 0 Å². The highest BCUT2D eigenvalue weighted by atomic mass is 16.2. The molecule has 3 radical (unpaired) electrons. The maximum absolute atomic E-state index is 12.7. The van der Waals surface area contributed by atoms with E-state index in [-0.39, 0.29) is 20.2 Å². The summed E-state index contributed by atoms with van der Waals surface area (Å²) in [5.41, 5.74) is 3.50. The van der Waals surface area contributed by atoms with E-state index in [0.717, 1.165) is 28.8 Å². The number of fused-ring (bicyclic) bond motifs is 3. The van der Waals surface area contributed by atoms with Crippen molar-refractivity contribution < 1.29 is 9.59 Å². The largest absolute Gasteiger partial charge is 0.326 e. The predicted octanol–water partition coefficient (Wildman–Crippen LogP) is 2.43. The van der Waals surface area contributed by atoms with Crippen LogP contribution in [0.4, 0.5) is 11.5 Å². The van der Waals surface area contributed by atoms with E-state index < -0.39 is 5.41 Å². The van der Waals surface area contributed by atoms with Gasteiger partial charge in [0.05, 0.1) is 5.41 Å². The lowest BCUT2D eigenvalue weighted by molar-refractivity contribution is -0.120. The molecule has 1 aliphatic heterocycles. The number of amides is 2. The Morgan fingerprint density at radius 1 is 1.28 bits per heavy atom. The van der Waals surface area contributed by atoms with Crippen LogP contribution in [-0.2, 0) is 27.8 Å². The fourth-order valence-corrected chi connectivity index (χ4v) is 3.80. The third-order valence-electron chi connectivity index (χ3n) is 4.94. The zero-order valence-corrected chi connectivity index (χ0v) is 14.1. The predicted molar refractivity (Wildman–Crippen MR) is 97.7 cm³/mol. The van der Waals surface area contributed by atoms with Gasteiger partial charge in [-0.25, -0.2) is 4.98 Å². The lowest BCUT2D eigenvalue weighted by Crippen LogP contribution is -2.35. The van der Waals surface area contributed by atoms with Crippen molar-refractivity contribution in [2.45, 2.75) is 38.0 Å². The van der Waals surface area contributed by atoms with E-state index in [9.17, 15) is 9.59 Å². The molecular weight excluding hydrogens is 313 g/mol. The van der Waals surface area contributed by atoms with Crippen molar-refractivity contribution in [3.8, 4) is 0 Å². The molecule has 2 aliphatic rings. The number of hydrogen-bond acceptors (Lipinski definition) is 3. The number of nitrogens with zero attached hydrogens (tertiary/aromatic N) is 1. The topological polar surface area (TPSA) is 71.1 Å². The second-order valence-electron chi connectivity index (χ2n) is 6.57. The maximum atomic E-state index is 12.7. The Balaban J connectivity index is 0.00000182. The van der Waals surface area contributed by atoms with Gasteiger partial charge in [0.1, 0.15) is 5.82 Å². The van der Waals surface area contributed by atoms with Crippen LogP contribution in [-0.4, -0.2) is 25.2 Å². The van der Waals surface area contributed by atoms with Crippen molar-refractivity contribution >= 4 is 31.7 Å². The average Bonchev–Trinajstić information content (AvgIpc) is 3.07. The molecule has 0 bridgehead atoms. The molecule has 5 nitrogen and oxygen atoms in total. The normalized spacial score (nSPS) is 19.8. The molecule has 25 heavy (non-hydrogen) atoms. The molecule has 0 saturated carbocycles. The maximum Gasteiger partial charge on any atom is 0.237 e. The standard InChI is InChI=1S/C19H19N3O2.B/c1-2-4-16(23)21-14-7-6-12-10-19(11-13(12)9-14)15-5-3-8-20-17(15)22-18(19)24;/h3,5-9H,2,4,10-11H2,1H3,(H,21,23)(H,20,22,24);. The van der Waals surface area contributed by atoms with Crippen LogP contribution in [0.2, 0.25) is 0 Å². The SMILES string of the molecule is CCCC(=O)Nc1ccc2c(c1)CC1(C2)C(=O)Nc2ncccc21.[B]. The molecule has 2 aromatic rings. The highest BCUT2D eigenvalue weighted by Gasteiger charge is 2.50. The molecule has 2 amide bonds. The number of benzene rings is 1. The summed E-state index contributed by atoms with van der Waals surface area (Å²) in [5, 5.41) is 5.84. The summed E-state index contributed by atoms with van der Waals surface area (Å²) in [4.78, 5) is 28.7. The van der Waals surface area contributed by atoms with Gasteiger partial charge in [-0.3, -0.25) is 9.59 Å². The van der Waals surface area contributed by atoms with Gasteiger partial charge in [0, 0.05) is 32.3 Å². The summed E-state index contributed by atoms with van der Waals surface area (Å²) in [6.07, 6.45) is 4.36. The first-order valence-corrected chi connectivity index (χ1v) is 8.31. The smallest absolute Gasteiger partial charge is 0.237 e. The summed E-state index contributed by atoms with van der Waals surface area (Å²) < 4.78 is 0. The lowest BCUT2D eigenvalue weighted by Gasteiger charge is -2.20. The van der Waals surface area contributed by atoms with Crippen molar-refractivity contribution in [3.63, 3.8) is 0 Å². The quantitative estimate of drug-likeness (QED) is 0.848. The first-order valence-electron chi connectivity index (χ1n) is 8.31. The van der Waals surface area contributed by atoms with Crippen LogP contribution < -0.4 is 10.6 Å². The Labute approximate surface area is 148 Å². The van der Waals surface area contributed by atoms with E-state index in [1.54, 1.807) is 6.20 Å². The molecular formula is C19H19BN3O2. The fraction of sp³-hybridized carbons (Fsp3) is 0.316. The number of nitrogens with one attached hydrogen (secondary N) is 2. The van der Waals surface area contributed by atoms with Crippen molar-refractivity contribution in [2.75, 3.05) is 10.6 Å². The third kappa shape index (κ3) is 2.71. The molecule has 4 rings (SSSR count). The van der Waals surface area contributed by atoms with Crippen molar-refractivity contribution in [1.82, 2.24) is 4.98 Å². The second-order valence-corrected chi connectivity index (χ2v) is 6.57. The average molecular weight is 332 g/mol. The van der Waals surface area contributed by atoms with E-state index in [4.69, 9.17) is 0 Å². The van der Waals surface area contributed by atoms with Gasteiger partial charge in [0.25, 0.3) is 0 Å². The molecule has 0 saturated heterocycles. The minimum Gasteiger partial charge on any atom is -0.326 e. The van der Waals surface area contributed by atoms with Crippen molar-refractivity contribution in [2.24, 2.45) is 0 Å². The molecule has 6 heteroatoms. The molecule has 1 unspecified atom stereocenters. The van der Waals surface area contributed by atoms with Gasteiger partial charge < -0.3 is 10.6 Å². The van der Waals surface area contributed by atoms with Gasteiger partial charge in [-0.05, 0) is 48.6 Å². The number of carbonyl (C=O) groups is 2. The Morgan fingerprint density at radius 3 is 2.88 bits per heavy atom.